The SMILES string of the molecule is Cc1cc(=O)n2c(C)c(CCN3CCC(c4noc5cc(F)ccc45)CC3)sc2n1. The molecular formula is C22H23FN4O2S. The van der Waals surface area contributed by atoms with E-state index in [2.05, 4.69) is 15.0 Å². The van der Waals surface area contributed by atoms with Gasteiger partial charge in [0.2, 0.25) is 0 Å². The standard InChI is InChI=1S/C22H23FN4O2S/c1-13-11-20(28)27-14(2)19(30-22(27)24-13)7-10-26-8-5-15(6-9-26)21-17-4-3-16(23)12-18(17)29-25-21/h3-4,11-12,15H,5-10H2,1-2H3. The first-order valence-corrected chi connectivity index (χ1v) is 11.1. The van der Waals surface area contributed by atoms with Gasteiger partial charge in [0.05, 0.1) is 5.69 Å². The Morgan fingerprint density at radius 2 is 2.03 bits per heavy atom. The van der Waals surface area contributed by atoms with Crippen LogP contribution < -0.4 is 5.56 Å². The molecule has 4 aromatic rings. The Morgan fingerprint density at radius 3 is 2.83 bits per heavy atom. The summed E-state index contributed by atoms with van der Waals surface area (Å²) >= 11 is 1.61. The summed E-state index contributed by atoms with van der Waals surface area (Å²) < 4.78 is 20.4. The summed E-state index contributed by atoms with van der Waals surface area (Å²) in [6.07, 6.45) is 2.92. The fourth-order valence-electron chi connectivity index (χ4n) is 4.40. The number of rotatable bonds is 4. The molecule has 30 heavy (non-hydrogen) atoms. The molecule has 1 saturated heterocycles. The maximum absolute atomic E-state index is 13.4. The quantitative estimate of drug-likeness (QED) is 0.492. The van der Waals surface area contributed by atoms with Crippen LogP contribution in [-0.2, 0) is 6.42 Å². The highest BCUT2D eigenvalue weighted by Crippen LogP contribution is 2.33. The van der Waals surface area contributed by atoms with Gasteiger partial charge in [-0.3, -0.25) is 9.20 Å². The topological polar surface area (TPSA) is 63.6 Å². The molecule has 1 aliphatic heterocycles. The Labute approximate surface area is 176 Å². The number of nitrogens with zero attached hydrogens (tertiary/aromatic N) is 4. The molecule has 0 radical (unpaired) electrons. The minimum atomic E-state index is -0.302. The summed E-state index contributed by atoms with van der Waals surface area (Å²) in [6.45, 7) is 6.79. The van der Waals surface area contributed by atoms with E-state index in [0.29, 0.717) is 11.5 Å². The molecule has 3 aromatic heterocycles. The van der Waals surface area contributed by atoms with Crippen LogP contribution in [0.2, 0.25) is 0 Å². The van der Waals surface area contributed by atoms with Crippen molar-refractivity contribution in [3.63, 3.8) is 0 Å². The fourth-order valence-corrected chi connectivity index (χ4v) is 5.56. The van der Waals surface area contributed by atoms with Crippen LogP contribution in [0.1, 0.15) is 40.7 Å². The predicted molar refractivity (Wildman–Crippen MR) is 115 cm³/mol. The van der Waals surface area contributed by atoms with Crippen LogP contribution in [0.5, 0.6) is 0 Å². The van der Waals surface area contributed by atoms with Gasteiger partial charge in [-0.2, -0.15) is 0 Å². The zero-order valence-electron chi connectivity index (χ0n) is 17.0. The number of aryl methyl sites for hydroxylation is 2. The molecule has 0 bridgehead atoms. The number of fused-ring (bicyclic) bond motifs is 2. The average Bonchev–Trinajstić information content (AvgIpc) is 3.27. The Kier molecular flexibility index (Phi) is 4.91. The van der Waals surface area contributed by atoms with E-state index in [1.807, 2.05) is 13.8 Å². The summed E-state index contributed by atoms with van der Waals surface area (Å²) in [4.78, 5) is 21.3. The summed E-state index contributed by atoms with van der Waals surface area (Å²) in [7, 11) is 0. The highest BCUT2D eigenvalue weighted by molar-refractivity contribution is 7.17. The van der Waals surface area contributed by atoms with Gasteiger partial charge >= 0.3 is 0 Å². The zero-order chi connectivity index (χ0) is 20.8. The molecule has 1 aliphatic rings. The van der Waals surface area contributed by atoms with Crippen molar-refractivity contribution in [1.82, 2.24) is 19.4 Å². The second-order valence-electron chi connectivity index (χ2n) is 8.04. The third-order valence-corrected chi connectivity index (χ3v) is 7.26. The number of halogens is 1. The van der Waals surface area contributed by atoms with E-state index in [1.165, 1.54) is 17.0 Å². The van der Waals surface area contributed by atoms with Gasteiger partial charge in [0.1, 0.15) is 5.82 Å². The van der Waals surface area contributed by atoms with Crippen LogP contribution in [0.25, 0.3) is 15.9 Å². The van der Waals surface area contributed by atoms with Gasteiger partial charge in [-0.15, -0.1) is 11.3 Å². The largest absolute Gasteiger partial charge is 0.356 e. The molecule has 0 N–H and O–H groups in total. The summed E-state index contributed by atoms with van der Waals surface area (Å²) in [5.74, 6) is 0.0361. The predicted octanol–water partition coefficient (Wildman–Crippen LogP) is 4.08. The highest BCUT2D eigenvalue weighted by atomic mass is 32.1. The van der Waals surface area contributed by atoms with Crippen LogP contribution >= 0.6 is 11.3 Å². The van der Waals surface area contributed by atoms with Gasteiger partial charge < -0.3 is 9.42 Å². The van der Waals surface area contributed by atoms with Gasteiger partial charge in [0, 0.05) is 46.2 Å². The number of likely N-dealkylation sites (tertiary alicyclic amines) is 1. The zero-order valence-corrected chi connectivity index (χ0v) is 17.8. The lowest BCUT2D eigenvalue weighted by atomic mass is 9.91. The Hall–Kier alpha value is -2.58. The molecule has 4 heterocycles. The highest BCUT2D eigenvalue weighted by Gasteiger charge is 2.25. The maximum atomic E-state index is 13.4. The second-order valence-corrected chi connectivity index (χ2v) is 9.10. The summed E-state index contributed by atoms with van der Waals surface area (Å²) in [5.41, 5.74) is 3.23. The van der Waals surface area contributed by atoms with E-state index in [0.717, 1.165) is 66.3 Å². The fraction of sp³-hybridized carbons (Fsp3) is 0.409. The van der Waals surface area contributed by atoms with Gasteiger partial charge in [-0.25, -0.2) is 9.37 Å². The van der Waals surface area contributed by atoms with E-state index >= 15 is 0 Å². The average molecular weight is 427 g/mol. The molecule has 0 spiro atoms. The molecule has 0 saturated carbocycles. The molecule has 1 fully saturated rings. The molecule has 8 heteroatoms. The Bertz CT molecular complexity index is 1280. The first-order chi connectivity index (χ1) is 14.5. The molecular weight excluding hydrogens is 403 g/mol. The van der Waals surface area contributed by atoms with Gasteiger partial charge in [-0.05, 0) is 58.3 Å². The van der Waals surface area contributed by atoms with Crippen molar-refractivity contribution in [2.24, 2.45) is 0 Å². The van der Waals surface area contributed by atoms with Crippen LogP contribution in [0, 0.1) is 19.7 Å². The Morgan fingerprint density at radius 1 is 1.23 bits per heavy atom. The number of thiazole rings is 1. The number of aromatic nitrogens is 3. The molecule has 0 atom stereocenters. The van der Waals surface area contributed by atoms with Crippen molar-refractivity contribution in [3.8, 4) is 0 Å². The first-order valence-electron chi connectivity index (χ1n) is 10.3. The van der Waals surface area contributed by atoms with E-state index in [1.54, 1.807) is 27.9 Å². The lowest BCUT2D eigenvalue weighted by Gasteiger charge is -2.31. The van der Waals surface area contributed by atoms with E-state index in [-0.39, 0.29) is 11.4 Å². The summed E-state index contributed by atoms with van der Waals surface area (Å²) in [6, 6.07) is 6.22. The molecule has 0 unspecified atom stereocenters. The lowest BCUT2D eigenvalue weighted by molar-refractivity contribution is 0.212. The van der Waals surface area contributed by atoms with E-state index < -0.39 is 0 Å². The lowest BCUT2D eigenvalue weighted by Crippen LogP contribution is -2.34. The number of hydrogen-bond donors (Lipinski definition) is 0. The van der Waals surface area contributed by atoms with Crippen molar-refractivity contribution >= 4 is 27.3 Å². The number of benzene rings is 1. The minimum absolute atomic E-state index is 0.00182. The van der Waals surface area contributed by atoms with Crippen molar-refractivity contribution < 1.29 is 8.91 Å². The molecule has 1 aromatic carbocycles. The third-order valence-electron chi connectivity index (χ3n) is 6.06. The van der Waals surface area contributed by atoms with Crippen molar-refractivity contribution in [2.75, 3.05) is 19.6 Å². The molecule has 0 aliphatic carbocycles. The van der Waals surface area contributed by atoms with Gasteiger partial charge in [-0.1, -0.05) is 5.16 Å². The van der Waals surface area contributed by atoms with E-state index in [4.69, 9.17) is 4.52 Å². The second kappa shape index (κ2) is 7.59. The van der Waals surface area contributed by atoms with Crippen LogP contribution in [-0.4, -0.2) is 39.1 Å². The maximum Gasteiger partial charge on any atom is 0.258 e. The molecule has 6 nitrogen and oxygen atoms in total. The van der Waals surface area contributed by atoms with E-state index in [9.17, 15) is 9.18 Å². The molecule has 0 amide bonds. The summed E-state index contributed by atoms with van der Waals surface area (Å²) in [5, 5.41) is 5.15. The minimum Gasteiger partial charge on any atom is -0.356 e. The monoisotopic (exact) mass is 426 g/mol. The molecule has 5 rings (SSSR count). The Balaban J connectivity index is 1.24. The first kappa shape index (κ1) is 19.4. The normalized spacial score (nSPS) is 16.1. The number of hydrogen-bond acceptors (Lipinski definition) is 6. The van der Waals surface area contributed by atoms with Gasteiger partial charge in [0.15, 0.2) is 10.5 Å². The van der Waals surface area contributed by atoms with Crippen LogP contribution in [0.4, 0.5) is 4.39 Å². The smallest absolute Gasteiger partial charge is 0.258 e. The van der Waals surface area contributed by atoms with Crippen LogP contribution in [0.15, 0.2) is 33.6 Å². The third kappa shape index (κ3) is 3.44. The molecule has 156 valence electrons. The van der Waals surface area contributed by atoms with Crippen LogP contribution in [0.3, 0.4) is 0 Å². The van der Waals surface area contributed by atoms with Crippen molar-refractivity contribution in [3.05, 3.63) is 62.4 Å². The van der Waals surface area contributed by atoms with Crippen molar-refractivity contribution in [1.29, 1.82) is 0 Å². The number of piperidine rings is 1. The van der Waals surface area contributed by atoms with Crippen molar-refractivity contribution in [2.45, 2.75) is 39.0 Å². The van der Waals surface area contributed by atoms with Gasteiger partial charge in [0.25, 0.3) is 5.56 Å².